The van der Waals surface area contributed by atoms with Crippen LogP contribution in [-0.4, -0.2) is 37.0 Å². The van der Waals surface area contributed by atoms with Crippen molar-refractivity contribution in [2.45, 2.75) is 6.92 Å². The Bertz CT molecular complexity index is 465. The van der Waals surface area contributed by atoms with E-state index in [1.807, 2.05) is 0 Å². The monoisotopic (exact) mass is 273 g/mol. The normalized spacial score (nSPS) is 10.0. The van der Waals surface area contributed by atoms with Crippen molar-refractivity contribution in [3.63, 3.8) is 0 Å². The molecule has 4 nitrogen and oxygen atoms in total. The lowest BCUT2D eigenvalue weighted by Crippen LogP contribution is -2.36. The molecule has 1 rings (SSSR count). The third-order valence-corrected chi connectivity index (χ3v) is 2.69. The summed E-state index contributed by atoms with van der Waals surface area (Å²) in [6.45, 7) is 1.72. The first kappa shape index (κ1) is 14.4. The second kappa shape index (κ2) is 6.35. The molecule has 0 heterocycles. The number of carbonyl (C=O) groups excluding carboxylic acids is 2. The number of esters is 1. The van der Waals surface area contributed by atoms with Gasteiger partial charge in [-0.05, 0) is 19.1 Å². The minimum absolute atomic E-state index is 0.130. The van der Waals surface area contributed by atoms with Crippen LogP contribution in [-0.2, 0) is 9.53 Å². The van der Waals surface area contributed by atoms with E-state index in [1.165, 1.54) is 30.2 Å². The number of hydrogen-bond donors (Lipinski definition) is 0. The summed E-state index contributed by atoms with van der Waals surface area (Å²) in [6.07, 6.45) is 0. The summed E-state index contributed by atoms with van der Waals surface area (Å²) in [7, 11) is 1.22. The maximum Gasteiger partial charge on any atom is 0.325 e. The van der Waals surface area contributed by atoms with Crippen LogP contribution < -0.4 is 0 Å². The van der Waals surface area contributed by atoms with Gasteiger partial charge < -0.3 is 9.64 Å². The smallest absolute Gasteiger partial charge is 0.325 e. The molecule has 18 heavy (non-hydrogen) atoms. The molecule has 0 spiro atoms. The lowest BCUT2D eigenvalue weighted by atomic mass is 10.2. The number of amides is 1. The highest BCUT2D eigenvalue weighted by Gasteiger charge is 2.21. The van der Waals surface area contributed by atoms with Crippen LogP contribution in [0.1, 0.15) is 17.3 Å². The van der Waals surface area contributed by atoms with Gasteiger partial charge >= 0.3 is 5.97 Å². The fourth-order valence-corrected chi connectivity index (χ4v) is 1.56. The van der Waals surface area contributed by atoms with Gasteiger partial charge in [-0.2, -0.15) is 0 Å². The van der Waals surface area contributed by atoms with Gasteiger partial charge in [-0.15, -0.1) is 0 Å². The Morgan fingerprint density at radius 1 is 1.44 bits per heavy atom. The van der Waals surface area contributed by atoms with Gasteiger partial charge in [-0.1, -0.05) is 17.7 Å². The van der Waals surface area contributed by atoms with Crippen molar-refractivity contribution in [2.24, 2.45) is 0 Å². The van der Waals surface area contributed by atoms with Crippen LogP contribution in [0.3, 0.4) is 0 Å². The fourth-order valence-electron chi connectivity index (χ4n) is 1.39. The molecule has 1 amide bonds. The first-order valence-corrected chi connectivity index (χ1v) is 5.69. The van der Waals surface area contributed by atoms with Gasteiger partial charge in [-0.3, -0.25) is 9.59 Å². The quantitative estimate of drug-likeness (QED) is 0.790. The topological polar surface area (TPSA) is 46.6 Å². The van der Waals surface area contributed by atoms with Crippen LogP contribution >= 0.6 is 11.6 Å². The fraction of sp³-hybridized carbons (Fsp3) is 0.333. The molecule has 0 bridgehead atoms. The van der Waals surface area contributed by atoms with Crippen molar-refractivity contribution >= 4 is 23.5 Å². The molecule has 0 aliphatic carbocycles. The molecular weight excluding hydrogens is 261 g/mol. The molecule has 6 heteroatoms. The first-order chi connectivity index (χ1) is 8.51. The first-order valence-electron chi connectivity index (χ1n) is 5.31. The van der Waals surface area contributed by atoms with Gasteiger partial charge in [-0.25, -0.2) is 4.39 Å². The summed E-state index contributed by atoms with van der Waals surface area (Å²) < 4.78 is 18.1. The predicted octanol–water partition coefficient (Wildman–Crippen LogP) is 2.11. The van der Waals surface area contributed by atoms with Crippen LogP contribution in [0.2, 0.25) is 5.02 Å². The van der Waals surface area contributed by atoms with Crippen LogP contribution in [0.15, 0.2) is 18.2 Å². The third-order valence-electron chi connectivity index (χ3n) is 2.40. The van der Waals surface area contributed by atoms with Crippen molar-refractivity contribution in [1.29, 1.82) is 0 Å². The molecule has 0 fully saturated rings. The second-order valence-electron chi connectivity index (χ2n) is 3.50. The minimum Gasteiger partial charge on any atom is -0.468 e. The average Bonchev–Trinajstić information content (AvgIpc) is 2.38. The molecule has 1 aromatic carbocycles. The molecule has 0 aliphatic rings. The highest BCUT2D eigenvalue weighted by molar-refractivity contribution is 6.31. The largest absolute Gasteiger partial charge is 0.468 e. The van der Waals surface area contributed by atoms with E-state index in [4.69, 9.17) is 11.6 Å². The molecule has 0 N–H and O–H groups in total. The van der Waals surface area contributed by atoms with E-state index in [2.05, 4.69) is 4.74 Å². The zero-order valence-corrected chi connectivity index (χ0v) is 10.8. The summed E-state index contributed by atoms with van der Waals surface area (Å²) in [5.41, 5.74) is -0.159. The lowest BCUT2D eigenvalue weighted by Gasteiger charge is -2.19. The summed E-state index contributed by atoms with van der Waals surface area (Å²) in [5.74, 6) is -1.94. The van der Waals surface area contributed by atoms with E-state index in [0.29, 0.717) is 0 Å². The number of halogens is 2. The van der Waals surface area contributed by atoms with Crippen molar-refractivity contribution in [3.05, 3.63) is 34.6 Å². The number of ether oxygens (including phenoxy) is 1. The van der Waals surface area contributed by atoms with Crippen molar-refractivity contribution < 1.29 is 18.7 Å². The third kappa shape index (κ3) is 3.20. The summed E-state index contributed by atoms with van der Waals surface area (Å²) >= 11 is 5.60. The van der Waals surface area contributed by atoms with E-state index >= 15 is 0 Å². The number of hydrogen-bond acceptors (Lipinski definition) is 3. The van der Waals surface area contributed by atoms with E-state index in [-0.39, 0.29) is 23.7 Å². The molecule has 1 aromatic rings. The number of nitrogens with zero attached hydrogens (tertiary/aromatic N) is 1. The van der Waals surface area contributed by atoms with E-state index in [9.17, 15) is 14.0 Å². The van der Waals surface area contributed by atoms with Crippen molar-refractivity contribution in [2.75, 3.05) is 20.2 Å². The second-order valence-corrected chi connectivity index (χ2v) is 3.90. The highest BCUT2D eigenvalue weighted by Crippen LogP contribution is 2.19. The Labute approximate surface area is 109 Å². The number of methoxy groups -OCH3 is 1. The van der Waals surface area contributed by atoms with Gasteiger partial charge in [0.15, 0.2) is 5.82 Å². The molecule has 0 saturated heterocycles. The maximum absolute atomic E-state index is 13.7. The Morgan fingerprint density at radius 2 is 2.11 bits per heavy atom. The minimum atomic E-state index is -0.785. The van der Waals surface area contributed by atoms with Crippen LogP contribution in [0.25, 0.3) is 0 Å². The zero-order chi connectivity index (χ0) is 13.7. The van der Waals surface area contributed by atoms with Gasteiger partial charge in [0.05, 0.1) is 17.7 Å². The Kier molecular flexibility index (Phi) is 5.09. The van der Waals surface area contributed by atoms with Crippen LogP contribution in [0, 0.1) is 5.82 Å². The molecule has 0 aromatic heterocycles. The molecule has 0 aliphatic heterocycles. The van der Waals surface area contributed by atoms with Gasteiger partial charge in [0, 0.05) is 6.54 Å². The van der Waals surface area contributed by atoms with Crippen molar-refractivity contribution in [3.8, 4) is 0 Å². The number of carbonyl (C=O) groups is 2. The lowest BCUT2D eigenvalue weighted by molar-refractivity contribution is -0.141. The van der Waals surface area contributed by atoms with E-state index in [1.54, 1.807) is 6.92 Å². The number of rotatable bonds is 4. The van der Waals surface area contributed by atoms with Gasteiger partial charge in [0.2, 0.25) is 0 Å². The van der Waals surface area contributed by atoms with Crippen molar-refractivity contribution in [1.82, 2.24) is 4.90 Å². The summed E-state index contributed by atoms with van der Waals surface area (Å²) in [5, 5.41) is -0.130. The van der Waals surface area contributed by atoms with E-state index < -0.39 is 17.7 Å². The van der Waals surface area contributed by atoms with Crippen LogP contribution in [0.5, 0.6) is 0 Å². The molecular formula is C12H13ClFNO3. The molecule has 0 saturated carbocycles. The van der Waals surface area contributed by atoms with Crippen LogP contribution in [0.4, 0.5) is 4.39 Å². The predicted molar refractivity (Wildman–Crippen MR) is 65.0 cm³/mol. The average molecular weight is 274 g/mol. The van der Waals surface area contributed by atoms with E-state index in [0.717, 1.165) is 0 Å². The van der Waals surface area contributed by atoms with Gasteiger partial charge in [0.25, 0.3) is 5.91 Å². The summed E-state index contributed by atoms with van der Waals surface area (Å²) in [4.78, 5) is 24.3. The molecule has 0 atom stereocenters. The molecule has 0 unspecified atom stereocenters. The molecule has 98 valence electrons. The van der Waals surface area contributed by atoms with Gasteiger partial charge in [0.1, 0.15) is 6.54 Å². The summed E-state index contributed by atoms with van der Waals surface area (Å²) in [6, 6.07) is 4.15. The standard InChI is InChI=1S/C12H13ClFNO3/c1-3-15(7-10(16)18-2)12(17)8-5-4-6-9(13)11(8)14/h4-6H,3,7H2,1-2H3. The maximum atomic E-state index is 13.7. The number of benzene rings is 1. The SMILES string of the molecule is CCN(CC(=O)OC)C(=O)c1cccc(Cl)c1F. The number of likely N-dealkylation sites (N-methyl/N-ethyl adjacent to an activating group) is 1. The Hall–Kier alpha value is -1.62. The Morgan fingerprint density at radius 3 is 2.67 bits per heavy atom. The zero-order valence-electron chi connectivity index (χ0n) is 10.1. The highest BCUT2D eigenvalue weighted by atomic mass is 35.5. The molecule has 0 radical (unpaired) electrons. The Balaban J connectivity index is 2.97.